The van der Waals surface area contributed by atoms with Gasteiger partial charge in [0, 0.05) is 34.2 Å². The number of hydrogen-bond acceptors (Lipinski definition) is 3. The van der Waals surface area contributed by atoms with Gasteiger partial charge >= 0.3 is 0 Å². The minimum absolute atomic E-state index is 0.0480. The van der Waals surface area contributed by atoms with E-state index in [0.717, 1.165) is 24.1 Å². The summed E-state index contributed by atoms with van der Waals surface area (Å²) in [7, 11) is 0. The molecular formula is C31H41BrFN3O2. The van der Waals surface area contributed by atoms with Gasteiger partial charge in [0.05, 0.1) is 5.56 Å². The van der Waals surface area contributed by atoms with Gasteiger partial charge < -0.3 is 10.6 Å². The molecular weight excluding hydrogens is 545 g/mol. The number of amides is 2. The normalized spacial score (nSPS) is 14.0. The van der Waals surface area contributed by atoms with Gasteiger partial charge in [0.25, 0.3) is 5.91 Å². The van der Waals surface area contributed by atoms with Crippen LogP contribution >= 0.6 is 15.9 Å². The minimum Gasteiger partial charge on any atom is -0.352 e. The number of nitrogens with zero attached hydrogens (tertiary/aromatic N) is 1. The summed E-state index contributed by atoms with van der Waals surface area (Å²) < 4.78 is 14.1. The largest absolute Gasteiger partial charge is 0.352 e. The summed E-state index contributed by atoms with van der Waals surface area (Å²) in [6.45, 7) is 15.0. The molecule has 0 fully saturated rings. The SMILES string of the molecule is C/C=C(\C=C/C(CC)N(CC)C(C)c1ccc(F)cc1)NC(=O)c1cc(CNC(=O)C(C)(C)C)ccc1Br. The van der Waals surface area contributed by atoms with E-state index < -0.39 is 5.41 Å². The van der Waals surface area contributed by atoms with Crippen LogP contribution in [0.1, 0.15) is 82.4 Å². The maximum atomic E-state index is 13.4. The van der Waals surface area contributed by atoms with Gasteiger partial charge in [-0.15, -0.1) is 0 Å². The van der Waals surface area contributed by atoms with E-state index in [4.69, 9.17) is 0 Å². The van der Waals surface area contributed by atoms with Gasteiger partial charge in [-0.3, -0.25) is 14.5 Å². The topological polar surface area (TPSA) is 61.4 Å². The number of allylic oxidation sites excluding steroid dienone is 2. The van der Waals surface area contributed by atoms with Crippen LogP contribution in [0, 0.1) is 11.2 Å². The predicted octanol–water partition coefficient (Wildman–Crippen LogP) is 7.30. The smallest absolute Gasteiger partial charge is 0.256 e. The Morgan fingerprint density at radius 3 is 2.32 bits per heavy atom. The summed E-state index contributed by atoms with van der Waals surface area (Å²) in [6.07, 6.45) is 6.79. The van der Waals surface area contributed by atoms with Crippen molar-refractivity contribution in [3.8, 4) is 0 Å². The van der Waals surface area contributed by atoms with Gasteiger partial charge in [-0.25, -0.2) is 4.39 Å². The number of halogens is 2. The van der Waals surface area contributed by atoms with Gasteiger partial charge in [0.15, 0.2) is 0 Å². The Kier molecular flexibility index (Phi) is 11.9. The highest BCUT2D eigenvalue weighted by molar-refractivity contribution is 9.10. The van der Waals surface area contributed by atoms with Gasteiger partial charge in [0.1, 0.15) is 5.82 Å². The molecule has 206 valence electrons. The summed E-state index contributed by atoms with van der Waals surface area (Å²) in [6, 6.07) is 12.4. The molecule has 0 aliphatic carbocycles. The molecule has 2 aromatic carbocycles. The van der Waals surface area contributed by atoms with E-state index in [-0.39, 0.29) is 29.7 Å². The molecule has 2 N–H and O–H groups in total. The second-order valence-electron chi connectivity index (χ2n) is 10.3. The highest BCUT2D eigenvalue weighted by Crippen LogP contribution is 2.25. The van der Waals surface area contributed by atoms with Gasteiger partial charge in [0.2, 0.25) is 5.91 Å². The van der Waals surface area contributed by atoms with E-state index in [2.05, 4.69) is 58.3 Å². The van der Waals surface area contributed by atoms with Crippen molar-refractivity contribution < 1.29 is 14.0 Å². The summed E-state index contributed by atoms with van der Waals surface area (Å²) in [5.74, 6) is -0.525. The van der Waals surface area contributed by atoms with Crippen molar-refractivity contribution >= 4 is 27.7 Å². The number of hydrogen-bond donors (Lipinski definition) is 2. The lowest BCUT2D eigenvalue weighted by Crippen LogP contribution is -2.36. The standard InChI is InChI=1S/C31H41BrFN3O2/c1-8-25(16-17-26(9-2)36(10-3)21(4)23-12-14-24(33)15-13-23)35-29(37)27-19-22(11-18-28(27)32)20-34-30(38)31(5,6)7/h8,11-19,21,26H,9-10,20H2,1-7H3,(H,34,38)(H,35,37)/b17-16-,25-8+. The summed E-state index contributed by atoms with van der Waals surface area (Å²) in [5, 5.41) is 5.93. The first kappa shape index (κ1) is 31.4. The summed E-state index contributed by atoms with van der Waals surface area (Å²) in [5.41, 5.74) is 2.60. The number of carbonyl (C=O) groups excluding carboxylic acids is 2. The monoisotopic (exact) mass is 585 g/mol. The zero-order valence-corrected chi connectivity index (χ0v) is 25.2. The molecule has 0 aromatic heterocycles. The second-order valence-corrected chi connectivity index (χ2v) is 11.2. The van der Waals surface area contributed by atoms with Gasteiger partial charge in [-0.1, -0.05) is 65.0 Å². The molecule has 38 heavy (non-hydrogen) atoms. The van der Waals surface area contributed by atoms with Crippen molar-refractivity contribution in [2.75, 3.05) is 6.54 Å². The molecule has 0 spiro atoms. The molecule has 0 heterocycles. The Morgan fingerprint density at radius 2 is 1.76 bits per heavy atom. The molecule has 2 aromatic rings. The Morgan fingerprint density at radius 1 is 1.11 bits per heavy atom. The molecule has 2 rings (SSSR count). The van der Waals surface area contributed by atoms with Crippen molar-refractivity contribution in [2.45, 2.75) is 73.5 Å². The molecule has 7 heteroatoms. The van der Waals surface area contributed by atoms with Crippen molar-refractivity contribution in [3.05, 3.63) is 93.4 Å². The van der Waals surface area contributed by atoms with E-state index in [1.165, 1.54) is 12.1 Å². The predicted molar refractivity (Wildman–Crippen MR) is 157 cm³/mol. The fourth-order valence-electron chi connectivity index (χ4n) is 4.14. The molecule has 0 saturated heterocycles. The van der Waals surface area contributed by atoms with Crippen LogP contribution in [0.25, 0.3) is 0 Å². The lowest BCUT2D eigenvalue weighted by Gasteiger charge is -2.34. The minimum atomic E-state index is -0.483. The summed E-state index contributed by atoms with van der Waals surface area (Å²) >= 11 is 3.48. The lowest BCUT2D eigenvalue weighted by molar-refractivity contribution is -0.128. The molecule has 0 bridgehead atoms. The van der Waals surface area contributed by atoms with Crippen LogP contribution in [0.15, 0.2) is 70.9 Å². The van der Waals surface area contributed by atoms with E-state index in [9.17, 15) is 14.0 Å². The first-order valence-electron chi connectivity index (χ1n) is 13.1. The Labute approximate surface area is 235 Å². The first-order valence-corrected chi connectivity index (χ1v) is 13.9. The van der Waals surface area contributed by atoms with Crippen LogP contribution in [0.5, 0.6) is 0 Å². The fraction of sp³-hybridized carbons (Fsp3) is 0.419. The molecule has 0 aliphatic heterocycles. The Bertz CT molecular complexity index is 1150. The highest BCUT2D eigenvalue weighted by atomic mass is 79.9. The number of likely N-dealkylation sites (N-methyl/N-ethyl adjacent to an activating group) is 1. The number of carbonyl (C=O) groups is 2. The Hall–Kier alpha value is -2.77. The molecule has 2 unspecified atom stereocenters. The van der Waals surface area contributed by atoms with Crippen molar-refractivity contribution in [3.63, 3.8) is 0 Å². The van der Waals surface area contributed by atoms with E-state index in [1.54, 1.807) is 6.07 Å². The number of rotatable bonds is 11. The number of nitrogens with one attached hydrogen (secondary N) is 2. The van der Waals surface area contributed by atoms with Crippen LogP contribution in [-0.2, 0) is 11.3 Å². The molecule has 0 aliphatic rings. The van der Waals surface area contributed by atoms with Crippen LogP contribution in [-0.4, -0.2) is 29.3 Å². The van der Waals surface area contributed by atoms with Crippen LogP contribution < -0.4 is 10.6 Å². The van der Waals surface area contributed by atoms with Crippen LogP contribution in [0.3, 0.4) is 0 Å². The van der Waals surface area contributed by atoms with Gasteiger partial charge in [-0.2, -0.15) is 0 Å². The van der Waals surface area contributed by atoms with E-state index >= 15 is 0 Å². The number of benzene rings is 2. The van der Waals surface area contributed by atoms with Crippen LogP contribution in [0.2, 0.25) is 0 Å². The van der Waals surface area contributed by atoms with Crippen molar-refractivity contribution in [1.29, 1.82) is 0 Å². The molecule has 0 radical (unpaired) electrons. The Balaban J connectivity index is 2.14. The van der Waals surface area contributed by atoms with Gasteiger partial charge in [-0.05, 0) is 84.2 Å². The molecule has 2 amide bonds. The maximum absolute atomic E-state index is 13.4. The molecule has 5 nitrogen and oxygen atoms in total. The maximum Gasteiger partial charge on any atom is 0.256 e. The van der Waals surface area contributed by atoms with Crippen molar-refractivity contribution in [1.82, 2.24) is 15.5 Å². The van der Waals surface area contributed by atoms with Crippen molar-refractivity contribution in [2.24, 2.45) is 5.41 Å². The van der Waals surface area contributed by atoms with Crippen LogP contribution in [0.4, 0.5) is 4.39 Å². The second kappa shape index (κ2) is 14.4. The zero-order valence-electron chi connectivity index (χ0n) is 23.6. The lowest BCUT2D eigenvalue weighted by atomic mass is 9.95. The molecule has 2 atom stereocenters. The third-order valence-corrected chi connectivity index (χ3v) is 7.23. The third-order valence-electron chi connectivity index (χ3n) is 6.54. The average molecular weight is 587 g/mol. The zero-order chi connectivity index (χ0) is 28.5. The highest BCUT2D eigenvalue weighted by Gasteiger charge is 2.22. The summed E-state index contributed by atoms with van der Waals surface area (Å²) in [4.78, 5) is 27.7. The molecule has 0 saturated carbocycles. The third kappa shape index (κ3) is 8.91. The van der Waals surface area contributed by atoms with E-state index in [1.807, 2.05) is 64.1 Å². The quantitative estimate of drug-likeness (QED) is 0.272. The van der Waals surface area contributed by atoms with E-state index in [0.29, 0.717) is 22.3 Å². The average Bonchev–Trinajstić information content (AvgIpc) is 2.88. The fourth-order valence-corrected chi connectivity index (χ4v) is 4.56. The first-order chi connectivity index (χ1) is 17.9.